The van der Waals surface area contributed by atoms with E-state index in [1.54, 1.807) is 35.0 Å². The van der Waals surface area contributed by atoms with E-state index in [1.807, 2.05) is 49.4 Å². The Morgan fingerprint density at radius 1 is 0.903 bits per heavy atom. The van der Waals surface area contributed by atoms with Gasteiger partial charge < -0.3 is 10.2 Å². The zero-order valence-electron chi connectivity index (χ0n) is 16.5. The predicted octanol–water partition coefficient (Wildman–Crippen LogP) is 6.68. The van der Waals surface area contributed by atoms with Crippen molar-refractivity contribution in [2.24, 2.45) is 0 Å². The summed E-state index contributed by atoms with van der Waals surface area (Å²) in [5.74, 6) is 0. The van der Waals surface area contributed by atoms with Gasteiger partial charge in [-0.3, -0.25) is 0 Å². The number of aliphatic hydroxyl groups is 2. The third-order valence-corrected chi connectivity index (χ3v) is 6.20. The van der Waals surface area contributed by atoms with Crippen molar-refractivity contribution in [1.82, 2.24) is 9.78 Å². The van der Waals surface area contributed by atoms with Crippen LogP contribution >= 0.6 is 39.1 Å². The molecule has 7 heteroatoms. The highest BCUT2D eigenvalue weighted by molar-refractivity contribution is 9.10. The van der Waals surface area contributed by atoms with Crippen LogP contribution in [0.25, 0.3) is 16.9 Å². The van der Waals surface area contributed by atoms with Crippen molar-refractivity contribution in [2.75, 3.05) is 0 Å². The van der Waals surface area contributed by atoms with E-state index >= 15 is 0 Å². The molecule has 0 bridgehead atoms. The Labute approximate surface area is 198 Å². The highest BCUT2D eigenvalue weighted by Crippen LogP contribution is 2.37. The molecule has 2 atom stereocenters. The summed E-state index contributed by atoms with van der Waals surface area (Å²) in [4.78, 5) is 0. The highest BCUT2D eigenvalue weighted by Gasteiger charge is 2.28. The molecule has 4 aromatic rings. The van der Waals surface area contributed by atoms with E-state index < -0.39 is 12.2 Å². The molecular weight excluding hydrogens is 499 g/mol. The molecule has 31 heavy (non-hydrogen) atoms. The van der Waals surface area contributed by atoms with Crippen LogP contribution in [0.4, 0.5) is 0 Å². The first-order chi connectivity index (χ1) is 14.9. The van der Waals surface area contributed by atoms with Gasteiger partial charge in [-0.15, -0.1) is 0 Å². The summed E-state index contributed by atoms with van der Waals surface area (Å²) >= 11 is 16.0. The van der Waals surface area contributed by atoms with Crippen molar-refractivity contribution in [3.63, 3.8) is 0 Å². The van der Waals surface area contributed by atoms with Gasteiger partial charge in [-0.05, 0) is 42.8 Å². The van der Waals surface area contributed by atoms with E-state index in [1.165, 1.54) is 0 Å². The summed E-state index contributed by atoms with van der Waals surface area (Å²) in [6.45, 7) is 1.88. The Bertz CT molecular complexity index is 1210. The molecule has 1 aromatic heterocycles. The van der Waals surface area contributed by atoms with Gasteiger partial charge in [0.15, 0.2) is 0 Å². The van der Waals surface area contributed by atoms with Gasteiger partial charge in [-0.2, -0.15) is 5.10 Å². The van der Waals surface area contributed by atoms with Gasteiger partial charge in [0.2, 0.25) is 0 Å². The van der Waals surface area contributed by atoms with Crippen LogP contribution in [0.15, 0.2) is 77.3 Å². The monoisotopic (exact) mass is 516 g/mol. The maximum absolute atomic E-state index is 11.0. The van der Waals surface area contributed by atoms with Gasteiger partial charge in [0, 0.05) is 20.6 Å². The average Bonchev–Trinajstić information content (AvgIpc) is 3.10. The van der Waals surface area contributed by atoms with Gasteiger partial charge >= 0.3 is 0 Å². The highest BCUT2D eigenvalue weighted by atomic mass is 79.9. The summed E-state index contributed by atoms with van der Waals surface area (Å²) in [5.41, 5.74) is 4.02. The second kappa shape index (κ2) is 9.15. The first kappa shape index (κ1) is 22.1. The summed E-state index contributed by atoms with van der Waals surface area (Å²) in [6.07, 6.45) is -2.34. The molecule has 0 spiro atoms. The molecule has 2 unspecified atom stereocenters. The van der Waals surface area contributed by atoms with E-state index in [-0.39, 0.29) is 0 Å². The molecule has 0 aliphatic rings. The molecule has 4 rings (SSSR count). The largest absolute Gasteiger partial charge is 0.385 e. The number of aromatic nitrogens is 2. The maximum atomic E-state index is 11.0. The topological polar surface area (TPSA) is 58.3 Å². The van der Waals surface area contributed by atoms with Crippen LogP contribution in [0.2, 0.25) is 10.0 Å². The summed E-state index contributed by atoms with van der Waals surface area (Å²) in [7, 11) is 0. The van der Waals surface area contributed by atoms with E-state index in [9.17, 15) is 10.2 Å². The van der Waals surface area contributed by atoms with Crippen LogP contribution < -0.4 is 0 Å². The van der Waals surface area contributed by atoms with E-state index in [0.717, 1.165) is 21.3 Å². The third-order valence-electron chi connectivity index (χ3n) is 5.13. The molecule has 0 amide bonds. The minimum absolute atomic E-state index is 0.375. The quantitative estimate of drug-likeness (QED) is 0.310. The van der Waals surface area contributed by atoms with Crippen LogP contribution in [0, 0.1) is 6.92 Å². The lowest BCUT2D eigenvalue weighted by Crippen LogP contribution is -2.12. The van der Waals surface area contributed by atoms with Gasteiger partial charge in [0.1, 0.15) is 12.2 Å². The number of aliphatic hydroxyl groups excluding tert-OH is 2. The lowest BCUT2D eigenvalue weighted by atomic mass is 9.98. The molecule has 0 saturated heterocycles. The molecule has 158 valence electrons. The van der Waals surface area contributed by atoms with Gasteiger partial charge in [-0.1, -0.05) is 81.6 Å². The number of nitrogens with zero attached hydrogens (tertiary/aromatic N) is 2. The molecule has 0 aliphatic carbocycles. The first-order valence-corrected chi connectivity index (χ1v) is 11.1. The van der Waals surface area contributed by atoms with Crippen LogP contribution in [0.3, 0.4) is 0 Å². The smallest absolute Gasteiger partial charge is 0.128 e. The van der Waals surface area contributed by atoms with Crippen LogP contribution in [-0.2, 0) is 0 Å². The zero-order chi connectivity index (χ0) is 22.1. The maximum Gasteiger partial charge on any atom is 0.128 e. The zero-order valence-corrected chi connectivity index (χ0v) is 19.6. The molecule has 0 saturated carbocycles. The Kier molecular flexibility index (Phi) is 6.51. The van der Waals surface area contributed by atoms with E-state index in [0.29, 0.717) is 27.0 Å². The number of rotatable bonds is 5. The van der Waals surface area contributed by atoms with Crippen LogP contribution in [0.5, 0.6) is 0 Å². The van der Waals surface area contributed by atoms with Gasteiger partial charge in [-0.25, -0.2) is 4.68 Å². The molecule has 3 aromatic carbocycles. The third kappa shape index (κ3) is 4.43. The molecule has 0 fully saturated rings. The number of hydrogen-bond donors (Lipinski definition) is 2. The van der Waals surface area contributed by atoms with Crippen molar-refractivity contribution in [2.45, 2.75) is 19.1 Å². The van der Waals surface area contributed by atoms with Gasteiger partial charge in [0.25, 0.3) is 0 Å². The van der Waals surface area contributed by atoms with Crippen molar-refractivity contribution < 1.29 is 10.2 Å². The number of hydrogen-bond acceptors (Lipinski definition) is 3. The summed E-state index contributed by atoms with van der Waals surface area (Å²) in [6, 6.07) is 22.0. The SMILES string of the molecule is Cc1c(C(O)C(O)c2ccccc2)nn(-c2ccc(Cl)cc2Cl)c1-c1ccc(Br)cc1. The minimum atomic E-state index is -1.22. The Morgan fingerprint density at radius 2 is 1.58 bits per heavy atom. The minimum Gasteiger partial charge on any atom is -0.385 e. The standard InChI is InChI=1S/C24H19BrCl2N2O2/c1-14-21(24(31)23(30)16-5-3-2-4-6-16)28-29(20-12-11-18(26)13-19(20)27)22(14)15-7-9-17(25)10-8-15/h2-13,23-24,30-31H,1H3. The second-order valence-electron chi connectivity index (χ2n) is 7.17. The van der Waals surface area contributed by atoms with Crippen molar-refractivity contribution >= 4 is 39.1 Å². The molecule has 0 aliphatic heterocycles. The Balaban J connectivity index is 1.89. The Morgan fingerprint density at radius 3 is 2.23 bits per heavy atom. The van der Waals surface area contributed by atoms with Crippen molar-refractivity contribution in [1.29, 1.82) is 0 Å². The molecule has 0 radical (unpaired) electrons. The van der Waals surface area contributed by atoms with E-state index in [2.05, 4.69) is 21.0 Å². The lowest BCUT2D eigenvalue weighted by molar-refractivity contribution is 0.0140. The fraction of sp³-hybridized carbons (Fsp3) is 0.125. The fourth-order valence-electron chi connectivity index (χ4n) is 3.55. The average molecular weight is 518 g/mol. The predicted molar refractivity (Wildman–Crippen MR) is 128 cm³/mol. The van der Waals surface area contributed by atoms with Crippen LogP contribution in [0.1, 0.15) is 29.0 Å². The fourth-order valence-corrected chi connectivity index (χ4v) is 4.30. The van der Waals surface area contributed by atoms with E-state index in [4.69, 9.17) is 23.2 Å². The number of halogens is 3. The van der Waals surface area contributed by atoms with Gasteiger partial charge in [0.05, 0.1) is 22.1 Å². The molecular formula is C24H19BrCl2N2O2. The first-order valence-electron chi connectivity index (χ1n) is 9.58. The molecule has 1 heterocycles. The second-order valence-corrected chi connectivity index (χ2v) is 8.93. The Hall–Kier alpha value is -2.15. The summed E-state index contributed by atoms with van der Waals surface area (Å²) in [5, 5.41) is 27.4. The molecule has 2 N–H and O–H groups in total. The lowest BCUT2D eigenvalue weighted by Gasteiger charge is -2.17. The van der Waals surface area contributed by atoms with Crippen molar-refractivity contribution in [3.8, 4) is 16.9 Å². The summed E-state index contributed by atoms with van der Waals surface area (Å²) < 4.78 is 2.64. The molecule has 4 nitrogen and oxygen atoms in total. The van der Waals surface area contributed by atoms with Crippen molar-refractivity contribution in [3.05, 3.63) is 104 Å². The normalized spacial score (nSPS) is 13.2. The number of benzene rings is 3. The van der Waals surface area contributed by atoms with Crippen LogP contribution in [-0.4, -0.2) is 20.0 Å².